The lowest BCUT2D eigenvalue weighted by Gasteiger charge is -2.10. The SMILES string of the molecule is COC(=O)c1ccc(NC(=S)NC(=O)c2cccc(I)c2)cc1. The van der Waals surface area contributed by atoms with E-state index in [-0.39, 0.29) is 11.0 Å². The van der Waals surface area contributed by atoms with Gasteiger partial charge in [-0.2, -0.15) is 0 Å². The molecule has 2 N–H and O–H groups in total. The molecule has 0 heterocycles. The first-order valence-corrected chi connectivity index (χ1v) is 8.04. The first kappa shape index (κ1) is 17.4. The van der Waals surface area contributed by atoms with Gasteiger partial charge in [0.1, 0.15) is 0 Å². The number of halogens is 1. The Balaban J connectivity index is 1.97. The summed E-state index contributed by atoms with van der Waals surface area (Å²) < 4.78 is 5.59. The van der Waals surface area contributed by atoms with Gasteiger partial charge in [0, 0.05) is 14.8 Å². The van der Waals surface area contributed by atoms with E-state index in [1.165, 1.54) is 7.11 Å². The number of hydrogen-bond acceptors (Lipinski definition) is 4. The number of hydrogen-bond donors (Lipinski definition) is 2. The maximum atomic E-state index is 12.1. The van der Waals surface area contributed by atoms with E-state index in [1.807, 2.05) is 6.07 Å². The predicted octanol–water partition coefficient (Wildman–Crippen LogP) is 3.20. The Labute approximate surface area is 152 Å². The molecule has 0 saturated heterocycles. The number of amides is 1. The number of esters is 1. The average Bonchev–Trinajstić information content (AvgIpc) is 2.54. The number of anilines is 1. The number of thiocarbonyl (C=S) groups is 1. The highest BCUT2D eigenvalue weighted by atomic mass is 127. The molecule has 0 aromatic heterocycles. The van der Waals surface area contributed by atoms with Gasteiger partial charge in [-0.1, -0.05) is 6.07 Å². The molecule has 5 nitrogen and oxygen atoms in total. The Bertz CT molecular complexity index is 747. The molecule has 0 unspecified atom stereocenters. The number of methoxy groups -OCH3 is 1. The molecule has 0 radical (unpaired) electrons. The average molecular weight is 440 g/mol. The summed E-state index contributed by atoms with van der Waals surface area (Å²) in [6.07, 6.45) is 0. The van der Waals surface area contributed by atoms with Gasteiger partial charge in [0.05, 0.1) is 12.7 Å². The molecule has 0 aliphatic rings. The van der Waals surface area contributed by atoms with Crippen molar-refractivity contribution in [1.29, 1.82) is 0 Å². The third kappa shape index (κ3) is 5.00. The Morgan fingerprint density at radius 3 is 2.39 bits per heavy atom. The monoisotopic (exact) mass is 440 g/mol. The van der Waals surface area contributed by atoms with Crippen LogP contribution in [-0.2, 0) is 4.74 Å². The van der Waals surface area contributed by atoms with Crippen LogP contribution in [-0.4, -0.2) is 24.1 Å². The Kier molecular flexibility index (Phi) is 6.05. The smallest absolute Gasteiger partial charge is 0.337 e. The molecule has 7 heteroatoms. The van der Waals surface area contributed by atoms with Gasteiger partial charge >= 0.3 is 5.97 Å². The molecule has 0 saturated carbocycles. The number of carbonyl (C=O) groups excluding carboxylic acids is 2. The fourth-order valence-corrected chi connectivity index (χ4v) is 2.53. The zero-order valence-electron chi connectivity index (χ0n) is 12.1. The summed E-state index contributed by atoms with van der Waals surface area (Å²) in [7, 11) is 1.32. The topological polar surface area (TPSA) is 67.4 Å². The molecule has 0 aliphatic carbocycles. The third-order valence-corrected chi connectivity index (χ3v) is 3.75. The molecule has 2 aromatic rings. The van der Waals surface area contributed by atoms with E-state index in [2.05, 4.69) is 38.0 Å². The van der Waals surface area contributed by atoms with Crippen LogP contribution in [0.25, 0.3) is 0 Å². The van der Waals surface area contributed by atoms with Crippen LogP contribution in [0.2, 0.25) is 0 Å². The summed E-state index contributed by atoms with van der Waals surface area (Å²) in [6, 6.07) is 13.8. The standard InChI is InChI=1S/C16H13IN2O3S/c1-22-15(21)10-5-7-13(8-6-10)18-16(23)19-14(20)11-3-2-4-12(17)9-11/h2-9H,1H3,(H2,18,19,20,23). The first-order chi connectivity index (χ1) is 11.0. The maximum absolute atomic E-state index is 12.1. The minimum atomic E-state index is -0.411. The predicted molar refractivity (Wildman–Crippen MR) is 101 cm³/mol. The van der Waals surface area contributed by atoms with Crippen LogP contribution >= 0.6 is 34.8 Å². The number of nitrogens with one attached hydrogen (secondary N) is 2. The molecular formula is C16H13IN2O3S. The summed E-state index contributed by atoms with van der Waals surface area (Å²) in [5.41, 5.74) is 1.62. The zero-order valence-corrected chi connectivity index (χ0v) is 15.1. The highest BCUT2D eigenvalue weighted by molar-refractivity contribution is 14.1. The lowest BCUT2D eigenvalue weighted by Crippen LogP contribution is -2.34. The molecule has 0 bridgehead atoms. The van der Waals surface area contributed by atoms with Gasteiger partial charge in [-0.3, -0.25) is 10.1 Å². The van der Waals surface area contributed by atoms with Gasteiger partial charge in [-0.05, 0) is 77.3 Å². The summed E-state index contributed by atoms with van der Waals surface area (Å²) >= 11 is 7.25. The van der Waals surface area contributed by atoms with E-state index in [1.54, 1.807) is 42.5 Å². The molecule has 23 heavy (non-hydrogen) atoms. The summed E-state index contributed by atoms with van der Waals surface area (Å²) in [5.74, 6) is -0.696. The van der Waals surface area contributed by atoms with Gasteiger partial charge in [-0.25, -0.2) is 4.79 Å². The van der Waals surface area contributed by atoms with Crippen molar-refractivity contribution in [2.24, 2.45) is 0 Å². The fraction of sp³-hybridized carbons (Fsp3) is 0.0625. The van der Waals surface area contributed by atoms with Crippen molar-refractivity contribution in [1.82, 2.24) is 5.32 Å². The van der Waals surface area contributed by atoms with E-state index in [9.17, 15) is 9.59 Å². The first-order valence-electron chi connectivity index (χ1n) is 6.56. The van der Waals surface area contributed by atoms with Gasteiger partial charge in [0.15, 0.2) is 5.11 Å². The lowest BCUT2D eigenvalue weighted by molar-refractivity contribution is 0.0600. The van der Waals surface area contributed by atoms with Gasteiger partial charge < -0.3 is 10.1 Å². The van der Waals surface area contributed by atoms with Crippen LogP contribution < -0.4 is 10.6 Å². The maximum Gasteiger partial charge on any atom is 0.337 e. The number of benzene rings is 2. The minimum absolute atomic E-state index is 0.180. The Morgan fingerprint density at radius 2 is 1.78 bits per heavy atom. The molecule has 0 fully saturated rings. The fourth-order valence-electron chi connectivity index (χ4n) is 1.77. The van der Waals surface area contributed by atoms with Crippen LogP contribution in [0.4, 0.5) is 5.69 Å². The van der Waals surface area contributed by atoms with Crippen LogP contribution in [0.1, 0.15) is 20.7 Å². The van der Waals surface area contributed by atoms with Crippen molar-refractivity contribution < 1.29 is 14.3 Å². The van der Waals surface area contributed by atoms with Crippen LogP contribution in [0.3, 0.4) is 0 Å². The van der Waals surface area contributed by atoms with Gasteiger partial charge in [-0.15, -0.1) is 0 Å². The van der Waals surface area contributed by atoms with Gasteiger partial charge in [0.2, 0.25) is 0 Å². The van der Waals surface area contributed by atoms with E-state index >= 15 is 0 Å². The molecule has 2 aromatic carbocycles. The van der Waals surface area contributed by atoms with Crippen LogP contribution in [0.15, 0.2) is 48.5 Å². The molecule has 1 amide bonds. The highest BCUT2D eigenvalue weighted by Gasteiger charge is 2.09. The second-order valence-electron chi connectivity index (χ2n) is 4.49. The Morgan fingerprint density at radius 1 is 1.09 bits per heavy atom. The quantitative estimate of drug-likeness (QED) is 0.436. The van der Waals surface area contributed by atoms with E-state index in [0.717, 1.165) is 3.57 Å². The van der Waals surface area contributed by atoms with Crippen molar-refractivity contribution in [3.05, 3.63) is 63.2 Å². The van der Waals surface area contributed by atoms with Crippen molar-refractivity contribution in [3.63, 3.8) is 0 Å². The molecular weight excluding hydrogens is 427 g/mol. The third-order valence-electron chi connectivity index (χ3n) is 2.88. The second kappa shape index (κ2) is 8.02. The van der Waals surface area contributed by atoms with Crippen LogP contribution in [0, 0.1) is 3.57 Å². The van der Waals surface area contributed by atoms with Crippen molar-refractivity contribution in [2.45, 2.75) is 0 Å². The number of carbonyl (C=O) groups is 2. The normalized spacial score (nSPS) is 9.83. The summed E-state index contributed by atoms with van der Waals surface area (Å²) in [5, 5.41) is 5.67. The van der Waals surface area contributed by atoms with Gasteiger partial charge in [0.25, 0.3) is 5.91 Å². The molecule has 0 aliphatic heterocycles. The second-order valence-corrected chi connectivity index (χ2v) is 6.14. The molecule has 118 valence electrons. The summed E-state index contributed by atoms with van der Waals surface area (Å²) in [4.78, 5) is 23.4. The van der Waals surface area contributed by atoms with Crippen molar-refractivity contribution in [2.75, 3.05) is 12.4 Å². The zero-order chi connectivity index (χ0) is 16.8. The Hall–Kier alpha value is -2.00. The van der Waals surface area contributed by atoms with E-state index in [0.29, 0.717) is 16.8 Å². The largest absolute Gasteiger partial charge is 0.465 e. The van der Waals surface area contributed by atoms with E-state index in [4.69, 9.17) is 12.2 Å². The molecule has 0 spiro atoms. The minimum Gasteiger partial charge on any atom is -0.465 e. The number of rotatable bonds is 3. The molecule has 0 atom stereocenters. The summed E-state index contributed by atoms with van der Waals surface area (Å²) in [6.45, 7) is 0. The molecule has 2 rings (SSSR count). The van der Waals surface area contributed by atoms with Crippen molar-refractivity contribution >= 4 is 57.5 Å². The number of ether oxygens (including phenoxy) is 1. The lowest BCUT2D eigenvalue weighted by atomic mass is 10.2. The van der Waals surface area contributed by atoms with E-state index < -0.39 is 5.97 Å². The van der Waals surface area contributed by atoms with Crippen LogP contribution in [0.5, 0.6) is 0 Å². The highest BCUT2D eigenvalue weighted by Crippen LogP contribution is 2.11. The van der Waals surface area contributed by atoms with Crippen molar-refractivity contribution in [3.8, 4) is 0 Å².